The van der Waals surface area contributed by atoms with Crippen LogP contribution in [0.5, 0.6) is 0 Å². The van der Waals surface area contributed by atoms with Crippen molar-refractivity contribution in [2.45, 2.75) is 96.8 Å². The summed E-state index contributed by atoms with van der Waals surface area (Å²) in [4.78, 5) is 11.3. The molecule has 7 heteroatoms. The van der Waals surface area contributed by atoms with E-state index in [4.69, 9.17) is 9.47 Å². The second kappa shape index (κ2) is 9.94. The Morgan fingerprint density at radius 2 is 1.80 bits per heavy atom. The lowest BCUT2D eigenvalue weighted by Gasteiger charge is -2.43. The molecule has 0 aromatic carbocycles. The minimum absolute atomic E-state index is 0.0526. The molecule has 148 valence electrons. The zero-order valence-electron chi connectivity index (χ0n) is 15.8. The maximum atomic E-state index is 11.3. The Kier molecular flexibility index (Phi) is 8.94. The topological polar surface area (TPSA) is 116 Å². The van der Waals surface area contributed by atoms with Gasteiger partial charge in [-0.1, -0.05) is 27.7 Å². The predicted molar refractivity (Wildman–Crippen MR) is 91.8 cm³/mol. The summed E-state index contributed by atoms with van der Waals surface area (Å²) in [6.45, 7) is 8.46. The average molecular weight is 362 g/mol. The fourth-order valence-corrected chi connectivity index (χ4v) is 3.25. The second-order valence-electron chi connectivity index (χ2n) is 7.24. The minimum Gasteiger partial charge on any atom is -0.390 e. The molecule has 25 heavy (non-hydrogen) atoms. The van der Waals surface area contributed by atoms with E-state index in [-0.39, 0.29) is 18.1 Å². The summed E-state index contributed by atoms with van der Waals surface area (Å²) in [6.07, 6.45) is -5.39. The highest BCUT2D eigenvalue weighted by atomic mass is 16.7. The lowest BCUT2D eigenvalue weighted by molar-refractivity contribution is -0.306. The Bertz CT molecular complexity index is 414. The highest BCUT2D eigenvalue weighted by molar-refractivity contribution is 5.75. The Hall–Kier alpha value is -0.570. The van der Waals surface area contributed by atoms with Crippen molar-refractivity contribution in [3.8, 4) is 0 Å². The molecule has 1 aliphatic rings. The molecule has 0 aliphatic carbocycles. The van der Waals surface area contributed by atoms with Crippen molar-refractivity contribution in [3.63, 3.8) is 0 Å². The number of ether oxygens (including phenoxy) is 2. The third-order valence-corrected chi connectivity index (χ3v) is 5.03. The predicted octanol–water partition coefficient (Wildman–Crippen LogP) is 0.611. The van der Waals surface area contributed by atoms with Crippen molar-refractivity contribution >= 4 is 5.78 Å². The van der Waals surface area contributed by atoms with Gasteiger partial charge in [-0.15, -0.1) is 0 Å². The summed E-state index contributed by atoms with van der Waals surface area (Å²) in [5, 5.41) is 41.1. The van der Waals surface area contributed by atoms with Gasteiger partial charge >= 0.3 is 0 Å². The summed E-state index contributed by atoms with van der Waals surface area (Å²) in [5.74, 6) is -0.970. The maximum Gasteiger partial charge on any atom is 0.163 e. The molecule has 7 nitrogen and oxygen atoms in total. The number of aliphatic hydroxyl groups excluding tert-OH is 4. The van der Waals surface area contributed by atoms with Crippen molar-refractivity contribution in [2.75, 3.05) is 0 Å². The van der Waals surface area contributed by atoms with Gasteiger partial charge in [-0.2, -0.15) is 0 Å². The minimum atomic E-state index is -1.06. The number of carbonyl (C=O) groups is 1. The first-order valence-corrected chi connectivity index (χ1v) is 9.16. The maximum absolute atomic E-state index is 11.3. The van der Waals surface area contributed by atoms with E-state index < -0.39 is 48.8 Å². The summed E-state index contributed by atoms with van der Waals surface area (Å²) >= 11 is 0. The Labute approximate surface area is 150 Å². The van der Waals surface area contributed by atoms with Gasteiger partial charge < -0.3 is 34.7 Å². The van der Waals surface area contributed by atoms with Crippen LogP contribution in [-0.4, -0.2) is 69.1 Å². The highest BCUT2D eigenvalue weighted by Gasteiger charge is 2.44. The molecule has 0 aromatic heterocycles. The first-order chi connectivity index (χ1) is 11.6. The lowest BCUT2D eigenvalue weighted by Crippen LogP contribution is -2.56. The van der Waals surface area contributed by atoms with Crippen molar-refractivity contribution in [2.24, 2.45) is 11.8 Å². The van der Waals surface area contributed by atoms with Crippen molar-refractivity contribution in [1.82, 2.24) is 0 Å². The molecule has 0 amide bonds. The fraction of sp³-hybridized carbons (Fsp3) is 0.944. The fourth-order valence-electron chi connectivity index (χ4n) is 3.25. The lowest BCUT2D eigenvalue weighted by atomic mass is 9.89. The van der Waals surface area contributed by atoms with Crippen LogP contribution in [0.25, 0.3) is 0 Å². The zero-order chi connectivity index (χ0) is 19.3. The van der Waals surface area contributed by atoms with Crippen LogP contribution in [0.3, 0.4) is 0 Å². The molecule has 4 unspecified atom stereocenters. The molecule has 0 radical (unpaired) electrons. The largest absolute Gasteiger partial charge is 0.390 e. The Morgan fingerprint density at radius 1 is 1.20 bits per heavy atom. The van der Waals surface area contributed by atoms with Crippen LogP contribution >= 0.6 is 0 Å². The number of ketones is 1. The number of rotatable bonds is 9. The summed E-state index contributed by atoms with van der Waals surface area (Å²) in [7, 11) is 0. The van der Waals surface area contributed by atoms with E-state index in [0.29, 0.717) is 12.8 Å². The summed E-state index contributed by atoms with van der Waals surface area (Å²) < 4.78 is 11.6. The van der Waals surface area contributed by atoms with E-state index in [1.807, 2.05) is 6.92 Å². The third-order valence-electron chi connectivity index (χ3n) is 5.03. The van der Waals surface area contributed by atoms with Crippen LogP contribution in [0, 0.1) is 11.8 Å². The average Bonchev–Trinajstić information content (AvgIpc) is 2.57. The van der Waals surface area contributed by atoms with E-state index >= 15 is 0 Å². The zero-order valence-corrected chi connectivity index (χ0v) is 15.8. The van der Waals surface area contributed by atoms with Crippen LogP contribution in [-0.2, 0) is 14.3 Å². The molecule has 1 rings (SSSR count). The summed E-state index contributed by atoms with van der Waals surface area (Å²) in [6, 6.07) is 0. The molecular formula is C18H34O7. The number of Topliss-reactive ketones (excluding diaryl/α,β-unsaturated/α-hetero) is 1. The standard InChI is InChI=1S/C18H34O7/c1-6-12(20)17(14(21)9(3)8-10(4)19)25-18-11(5)15(22)16(23)13(7-2)24-18/h9,11-18,20-23H,6-8H2,1-5H3/t9?,11?,12?,13?,14-,15-,16-,17-,18-/m0/s1. The van der Waals surface area contributed by atoms with Gasteiger partial charge in [0.15, 0.2) is 6.29 Å². The monoisotopic (exact) mass is 362 g/mol. The number of hydrogen-bond donors (Lipinski definition) is 4. The molecule has 0 aromatic rings. The molecule has 9 atom stereocenters. The van der Waals surface area contributed by atoms with Crippen LogP contribution in [0.1, 0.15) is 53.9 Å². The molecule has 0 saturated carbocycles. The number of carbonyl (C=O) groups excluding carboxylic acids is 1. The van der Waals surface area contributed by atoms with Crippen LogP contribution in [0.2, 0.25) is 0 Å². The molecule has 4 N–H and O–H groups in total. The Morgan fingerprint density at radius 3 is 2.28 bits per heavy atom. The smallest absolute Gasteiger partial charge is 0.163 e. The summed E-state index contributed by atoms with van der Waals surface area (Å²) in [5.41, 5.74) is 0. The first-order valence-electron chi connectivity index (χ1n) is 9.16. The van der Waals surface area contributed by atoms with Gasteiger partial charge in [0.2, 0.25) is 0 Å². The van der Waals surface area contributed by atoms with E-state index in [0.717, 1.165) is 0 Å². The van der Waals surface area contributed by atoms with E-state index in [2.05, 4.69) is 0 Å². The number of aliphatic hydroxyl groups is 4. The number of hydrogen-bond acceptors (Lipinski definition) is 7. The van der Waals surface area contributed by atoms with E-state index in [9.17, 15) is 25.2 Å². The van der Waals surface area contributed by atoms with Crippen LogP contribution in [0.4, 0.5) is 0 Å². The normalized spacial score (nSPS) is 35.0. The molecule has 1 saturated heterocycles. The quantitative estimate of drug-likeness (QED) is 0.475. The van der Waals surface area contributed by atoms with Crippen LogP contribution < -0.4 is 0 Å². The second-order valence-corrected chi connectivity index (χ2v) is 7.24. The van der Waals surface area contributed by atoms with Crippen molar-refractivity contribution in [3.05, 3.63) is 0 Å². The van der Waals surface area contributed by atoms with E-state index in [1.165, 1.54) is 6.92 Å². The van der Waals surface area contributed by atoms with Gasteiger partial charge in [-0.25, -0.2) is 0 Å². The SMILES string of the molecule is CCC1O[C@@H](O[C@@H](C(O)CC)[C@@H](O)C(C)CC(C)=O)C(C)[C@H](O)[C@H]1O. The molecule has 1 aliphatic heterocycles. The Balaban J connectivity index is 2.91. The van der Waals surface area contributed by atoms with E-state index in [1.54, 1.807) is 20.8 Å². The molecule has 1 heterocycles. The van der Waals surface area contributed by atoms with Gasteiger partial charge in [0.25, 0.3) is 0 Å². The van der Waals surface area contributed by atoms with Crippen LogP contribution in [0.15, 0.2) is 0 Å². The molecule has 0 bridgehead atoms. The van der Waals surface area contributed by atoms with Gasteiger partial charge in [0, 0.05) is 12.3 Å². The van der Waals surface area contributed by atoms with Gasteiger partial charge in [0.05, 0.1) is 24.4 Å². The first kappa shape index (κ1) is 22.5. The van der Waals surface area contributed by atoms with Crippen molar-refractivity contribution < 1.29 is 34.7 Å². The van der Waals surface area contributed by atoms with Gasteiger partial charge in [-0.3, -0.25) is 0 Å². The van der Waals surface area contributed by atoms with Gasteiger partial charge in [0.1, 0.15) is 18.0 Å². The molecular weight excluding hydrogens is 328 g/mol. The molecule has 0 spiro atoms. The molecule has 1 fully saturated rings. The highest BCUT2D eigenvalue weighted by Crippen LogP contribution is 2.31. The van der Waals surface area contributed by atoms with Crippen molar-refractivity contribution in [1.29, 1.82) is 0 Å². The third kappa shape index (κ3) is 5.70. The van der Waals surface area contributed by atoms with Gasteiger partial charge in [-0.05, 0) is 25.7 Å².